The molecule has 0 aliphatic rings. The third-order valence-corrected chi connectivity index (χ3v) is 3.71. The van der Waals surface area contributed by atoms with Crippen LogP contribution in [0, 0.1) is 0 Å². The Kier molecular flexibility index (Phi) is 4.24. The van der Waals surface area contributed by atoms with Crippen molar-refractivity contribution in [2.45, 2.75) is 13.5 Å². The molecule has 2 aromatic carbocycles. The van der Waals surface area contributed by atoms with Crippen molar-refractivity contribution in [2.75, 3.05) is 12.4 Å². The van der Waals surface area contributed by atoms with Crippen LogP contribution in [0.1, 0.15) is 27.6 Å². The monoisotopic (exact) mass is 323 g/mol. The van der Waals surface area contributed by atoms with Crippen LogP contribution in [0.3, 0.4) is 0 Å². The molecule has 1 aromatic heterocycles. The van der Waals surface area contributed by atoms with Gasteiger partial charge in [0.25, 0.3) is 11.8 Å². The van der Waals surface area contributed by atoms with Gasteiger partial charge in [0, 0.05) is 30.4 Å². The second kappa shape index (κ2) is 6.49. The highest BCUT2D eigenvalue weighted by Gasteiger charge is 2.10. The summed E-state index contributed by atoms with van der Waals surface area (Å²) in [5.41, 5.74) is 3.22. The number of aromatic nitrogens is 3. The van der Waals surface area contributed by atoms with Crippen molar-refractivity contribution in [1.29, 1.82) is 0 Å². The Hall–Kier alpha value is -3.22. The Morgan fingerprint density at radius 3 is 2.42 bits per heavy atom. The zero-order valence-electron chi connectivity index (χ0n) is 13.4. The summed E-state index contributed by atoms with van der Waals surface area (Å²) in [4.78, 5) is 23.9. The Balaban J connectivity index is 1.78. The molecular formula is C17H17N5O2. The second-order valence-electron chi connectivity index (χ2n) is 5.22. The SMILES string of the molecule is CCn1nnc2cc(C(=O)Nc3ccc(C(=O)NC)cc3)ccc21. The predicted molar refractivity (Wildman–Crippen MR) is 91.0 cm³/mol. The molecule has 3 rings (SSSR count). The molecule has 0 bridgehead atoms. The fourth-order valence-electron chi connectivity index (χ4n) is 2.40. The number of benzene rings is 2. The van der Waals surface area contributed by atoms with E-state index in [2.05, 4.69) is 20.9 Å². The van der Waals surface area contributed by atoms with Crippen molar-refractivity contribution in [3.63, 3.8) is 0 Å². The van der Waals surface area contributed by atoms with Crippen LogP contribution in [-0.4, -0.2) is 33.9 Å². The van der Waals surface area contributed by atoms with Gasteiger partial charge in [-0.3, -0.25) is 9.59 Å². The van der Waals surface area contributed by atoms with E-state index in [-0.39, 0.29) is 11.8 Å². The molecule has 0 saturated heterocycles. The number of hydrogen-bond acceptors (Lipinski definition) is 4. The zero-order chi connectivity index (χ0) is 17.1. The van der Waals surface area contributed by atoms with E-state index in [1.807, 2.05) is 13.0 Å². The number of aryl methyl sites for hydroxylation is 1. The fraction of sp³-hybridized carbons (Fsp3) is 0.176. The van der Waals surface area contributed by atoms with Gasteiger partial charge < -0.3 is 10.6 Å². The minimum atomic E-state index is -0.240. The lowest BCUT2D eigenvalue weighted by Crippen LogP contribution is -2.17. The quantitative estimate of drug-likeness (QED) is 0.769. The Bertz CT molecular complexity index is 899. The molecule has 0 unspecified atom stereocenters. The number of anilines is 1. The minimum Gasteiger partial charge on any atom is -0.355 e. The van der Waals surface area contributed by atoms with E-state index < -0.39 is 0 Å². The van der Waals surface area contributed by atoms with Gasteiger partial charge in [-0.1, -0.05) is 5.21 Å². The molecule has 2 amide bonds. The second-order valence-corrected chi connectivity index (χ2v) is 5.22. The van der Waals surface area contributed by atoms with E-state index in [0.29, 0.717) is 22.3 Å². The largest absolute Gasteiger partial charge is 0.355 e. The molecule has 0 saturated carbocycles. The highest BCUT2D eigenvalue weighted by Crippen LogP contribution is 2.16. The van der Waals surface area contributed by atoms with E-state index in [9.17, 15) is 9.59 Å². The fourth-order valence-corrected chi connectivity index (χ4v) is 2.40. The maximum Gasteiger partial charge on any atom is 0.255 e. The number of nitrogens with one attached hydrogen (secondary N) is 2. The number of rotatable bonds is 4. The first-order chi connectivity index (χ1) is 11.6. The molecular weight excluding hydrogens is 306 g/mol. The third-order valence-electron chi connectivity index (χ3n) is 3.71. The Morgan fingerprint density at radius 2 is 1.75 bits per heavy atom. The molecule has 3 aromatic rings. The van der Waals surface area contributed by atoms with Crippen molar-refractivity contribution in [3.8, 4) is 0 Å². The van der Waals surface area contributed by atoms with Crippen molar-refractivity contribution < 1.29 is 9.59 Å². The van der Waals surface area contributed by atoms with Crippen LogP contribution < -0.4 is 10.6 Å². The molecule has 122 valence electrons. The van der Waals surface area contributed by atoms with Crippen LogP contribution in [0.5, 0.6) is 0 Å². The van der Waals surface area contributed by atoms with Gasteiger partial charge in [0.2, 0.25) is 0 Å². The molecule has 7 nitrogen and oxygen atoms in total. The predicted octanol–water partition coefficient (Wildman–Crippen LogP) is 2.06. The van der Waals surface area contributed by atoms with Crippen LogP contribution >= 0.6 is 0 Å². The summed E-state index contributed by atoms with van der Waals surface area (Å²) in [5, 5.41) is 13.5. The summed E-state index contributed by atoms with van der Waals surface area (Å²) in [6, 6.07) is 12.0. The summed E-state index contributed by atoms with van der Waals surface area (Å²) in [5.74, 6) is -0.409. The maximum atomic E-state index is 12.4. The summed E-state index contributed by atoms with van der Waals surface area (Å²) >= 11 is 0. The van der Waals surface area contributed by atoms with Crippen molar-refractivity contribution >= 4 is 28.5 Å². The molecule has 1 heterocycles. The molecule has 0 spiro atoms. The number of nitrogens with zero attached hydrogens (tertiary/aromatic N) is 3. The summed E-state index contributed by atoms with van der Waals surface area (Å²) in [6.45, 7) is 2.71. The van der Waals surface area contributed by atoms with Gasteiger partial charge in [-0.2, -0.15) is 0 Å². The first kappa shape index (κ1) is 15.7. The maximum absolute atomic E-state index is 12.4. The van der Waals surface area contributed by atoms with Crippen LogP contribution in [0.25, 0.3) is 11.0 Å². The third kappa shape index (κ3) is 2.96. The molecule has 0 aliphatic heterocycles. The van der Waals surface area contributed by atoms with Crippen LogP contribution in [0.15, 0.2) is 42.5 Å². The number of hydrogen-bond donors (Lipinski definition) is 2. The lowest BCUT2D eigenvalue weighted by Gasteiger charge is -2.06. The molecule has 0 atom stereocenters. The highest BCUT2D eigenvalue weighted by atomic mass is 16.2. The number of amides is 2. The van der Waals surface area contributed by atoms with Crippen molar-refractivity contribution in [2.24, 2.45) is 0 Å². The van der Waals surface area contributed by atoms with Gasteiger partial charge in [-0.05, 0) is 49.4 Å². The highest BCUT2D eigenvalue weighted by molar-refractivity contribution is 6.06. The molecule has 0 aliphatic carbocycles. The van der Waals surface area contributed by atoms with Crippen molar-refractivity contribution in [1.82, 2.24) is 20.3 Å². The number of carbonyl (C=O) groups is 2. The first-order valence-corrected chi connectivity index (χ1v) is 7.59. The smallest absolute Gasteiger partial charge is 0.255 e. The van der Waals surface area contributed by atoms with E-state index >= 15 is 0 Å². The van der Waals surface area contributed by atoms with Crippen molar-refractivity contribution in [3.05, 3.63) is 53.6 Å². The lowest BCUT2D eigenvalue weighted by atomic mass is 10.1. The Morgan fingerprint density at radius 1 is 1.04 bits per heavy atom. The summed E-state index contributed by atoms with van der Waals surface area (Å²) in [6.07, 6.45) is 0. The number of fused-ring (bicyclic) bond motifs is 1. The van der Waals surface area contributed by atoms with Gasteiger partial charge in [0.15, 0.2) is 0 Å². The van der Waals surface area contributed by atoms with Gasteiger partial charge >= 0.3 is 0 Å². The van der Waals surface area contributed by atoms with Gasteiger partial charge in [-0.15, -0.1) is 5.10 Å². The topological polar surface area (TPSA) is 88.9 Å². The number of carbonyl (C=O) groups excluding carboxylic acids is 2. The average molecular weight is 323 g/mol. The van der Waals surface area contributed by atoms with E-state index in [4.69, 9.17) is 0 Å². The molecule has 24 heavy (non-hydrogen) atoms. The van der Waals surface area contributed by atoms with E-state index in [1.165, 1.54) is 0 Å². The van der Waals surface area contributed by atoms with E-state index in [0.717, 1.165) is 12.1 Å². The van der Waals surface area contributed by atoms with Gasteiger partial charge in [0.05, 0.1) is 5.52 Å². The minimum absolute atomic E-state index is 0.169. The lowest BCUT2D eigenvalue weighted by molar-refractivity contribution is 0.0962. The summed E-state index contributed by atoms with van der Waals surface area (Å²) in [7, 11) is 1.57. The van der Waals surface area contributed by atoms with Gasteiger partial charge in [0.1, 0.15) is 5.52 Å². The van der Waals surface area contributed by atoms with Crippen LogP contribution in [0.2, 0.25) is 0 Å². The standard InChI is InChI=1S/C17H17N5O2/c1-3-22-15-9-6-12(10-14(15)20-21-22)17(24)19-13-7-4-11(5-8-13)16(23)18-2/h4-10H,3H2,1-2H3,(H,18,23)(H,19,24). The Labute approximate surface area is 138 Å². The zero-order valence-corrected chi connectivity index (χ0v) is 13.4. The van der Waals surface area contributed by atoms with E-state index in [1.54, 1.807) is 48.1 Å². The van der Waals surface area contributed by atoms with Gasteiger partial charge in [-0.25, -0.2) is 4.68 Å². The molecule has 0 radical (unpaired) electrons. The first-order valence-electron chi connectivity index (χ1n) is 7.59. The molecule has 2 N–H and O–H groups in total. The van der Waals surface area contributed by atoms with Crippen LogP contribution in [0.4, 0.5) is 5.69 Å². The summed E-state index contributed by atoms with van der Waals surface area (Å²) < 4.78 is 1.77. The normalized spacial score (nSPS) is 10.6. The molecule has 0 fully saturated rings. The average Bonchev–Trinajstić information content (AvgIpc) is 3.04. The van der Waals surface area contributed by atoms with Crippen LogP contribution in [-0.2, 0) is 6.54 Å². The molecule has 7 heteroatoms.